The van der Waals surface area contributed by atoms with Crippen molar-refractivity contribution in [3.63, 3.8) is 0 Å². The SMILES string of the molecule is Cc1nc2cc(NC(=O)c3c(C)oc4ncnc(NC5(C)CC5)c34)ccc2o1. The van der Waals surface area contributed by atoms with Crippen LogP contribution < -0.4 is 10.6 Å². The van der Waals surface area contributed by atoms with Crippen molar-refractivity contribution in [2.24, 2.45) is 0 Å². The van der Waals surface area contributed by atoms with E-state index in [0.29, 0.717) is 50.9 Å². The maximum absolute atomic E-state index is 13.1. The number of nitrogens with one attached hydrogen (secondary N) is 2. The van der Waals surface area contributed by atoms with E-state index in [2.05, 4.69) is 32.5 Å². The van der Waals surface area contributed by atoms with Crippen LogP contribution in [0.4, 0.5) is 11.5 Å². The highest BCUT2D eigenvalue weighted by atomic mass is 16.3. The van der Waals surface area contributed by atoms with Crippen molar-refractivity contribution in [1.29, 1.82) is 0 Å². The summed E-state index contributed by atoms with van der Waals surface area (Å²) in [5, 5.41) is 6.94. The molecular formula is C20H19N5O3. The Bertz CT molecular complexity index is 1240. The first-order valence-corrected chi connectivity index (χ1v) is 9.13. The van der Waals surface area contributed by atoms with Crippen LogP contribution in [0.5, 0.6) is 0 Å². The van der Waals surface area contributed by atoms with Gasteiger partial charge >= 0.3 is 0 Å². The molecule has 0 aliphatic heterocycles. The van der Waals surface area contributed by atoms with Gasteiger partial charge in [0.05, 0.1) is 10.9 Å². The maximum Gasteiger partial charge on any atom is 0.260 e. The highest BCUT2D eigenvalue weighted by Crippen LogP contribution is 2.40. The lowest BCUT2D eigenvalue weighted by atomic mass is 10.1. The monoisotopic (exact) mass is 377 g/mol. The molecule has 5 rings (SSSR count). The highest BCUT2D eigenvalue weighted by molar-refractivity contribution is 6.15. The quantitative estimate of drug-likeness (QED) is 0.549. The minimum Gasteiger partial charge on any atom is -0.442 e. The standard InChI is InChI=1S/C20H19N5O3/c1-10-15(16-17(25-20(3)6-7-20)21-9-22-19(16)27-10)18(26)24-12-4-5-14-13(8-12)23-11(2)28-14/h4-5,8-9H,6-7H2,1-3H3,(H,24,26)(H,21,22,25). The number of benzene rings is 1. The van der Waals surface area contributed by atoms with Crippen molar-refractivity contribution >= 4 is 39.6 Å². The first-order valence-electron chi connectivity index (χ1n) is 9.13. The number of hydrogen-bond donors (Lipinski definition) is 2. The Labute approximate surface area is 160 Å². The van der Waals surface area contributed by atoms with Crippen molar-refractivity contribution in [1.82, 2.24) is 15.0 Å². The van der Waals surface area contributed by atoms with Crippen molar-refractivity contribution < 1.29 is 13.6 Å². The minimum atomic E-state index is -0.283. The number of carbonyl (C=O) groups excluding carboxylic acids is 1. The third-order valence-corrected chi connectivity index (χ3v) is 5.06. The molecule has 0 atom stereocenters. The lowest BCUT2D eigenvalue weighted by Crippen LogP contribution is -2.18. The summed E-state index contributed by atoms with van der Waals surface area (Å²) in [7, 11) is 0. The molecule has 3 heterocycles. The van der Waals surface area contributed by atoms with Crippen LogP contribution in [0.1, 0.15) is 41.8 Å². The van der Waals surface area contributed by atoms with E-state index in [4.69, 9.17) is 8.83 Å². The summed E-state index contributed by atoms with van der Waals surface area (Å²) < 4.78 is 11.2. The summed E-state index contributed by atoms with van der Waals surface area (Å²) in [6.07, 6.45) is 3.57. The zero-order valence-electron chi connectivity index (χ0n) is 15.8. The zero-order valence-corrected chi connectivity index (χ0v) is 15.8. The van der Waals surface area contributed by atoms with Crippen LogP contribution in [0.15, 0.2) is 33.4 Å². The summed E-state index contributed by atoms with van der Waals surface area (Å²) in [5.74, 6) is 1.41. The largest absolute Gasteiger partial charge is 0.442 e. The molecule has 8 heteroatoms. The van der Waals surface area contributed by atoms with Gasteiger partial charge in [-0.15, -0.1) is 0 Å². The van der Waals surface area contributed by atoms with Gasteiger partial charge in [0, 0.05) is 18.2 Å². The second-order valence-corrected chi connectivity index (χ2v) is 7.49. The van der Waals surface area contributed by atoms with Gasteiger partial charge in [0.25, 0.3) is 5.91 Å². The Morgan fingerprint density at radius 3 is 2.79 bits per heavy atom. The maximum atomic E-state index is 13.1. The van der Waals surface area contributed by atoms with Gasteiger partial charge in [0.15, 0.2) is 11.5 Å². The number of hydrogen-bond acceptors (Lipinski definition) is 7. The van der Waals surface area contributed by atoms with Gasteiger partial charge in [-0.3, -0.25) is 4.79 Å². The number of aryl methyl sites for hydroxylation is 2. The zero-order chi connectivity index (χ0) is 19.5. The summed E-state index contributed by atoms with van der Waals surface area (Å²) in [4.78, 5) is 25.9. The van der Waals surface area contributed by atoms with Crippen LogP contribution in [0.3, 0.4) is 0 Å². The fourth-order valence-electron chi connectivity index (χ4n) is 3.32. The van der Waals surface area contributed by atoms with E-state index in [1.165, 1.54) is 6.33 Å². The van der Waals surface area contributed by atoms with Crippen LogP contribution in [-0.2, 0) is 0 Å². The van der Waals surface area contributed by atoms with Crippen molar-refractivity contribution in [2.45, 2.75) is 39.2 Å². The molecule has 1 aliphatic carbocycles. The van der Waals surface area contributed by atoms with E-state index in [1.807, 2.05) is 0 Å². The number of rotatable bonds is 4. The third-order valence-electron chi connectivity index (χ3n) is 5.06. The summed E-state index contributed by atoms with van der Waals surface area (Å²) in [6, 6.07) is 5.35. The van der Waals surface area contributed by atoms with Gasteiger partial charge < -0.3 is 19.5 Å². The van der Waals surface area contributed by atoms with Crippen LogP contribution in [0, 0.1) is 13.8 Å². The average molecular weight is 377 g/mol. The number of carbonyl (C=O) groups is 1. The predicted molar refractivity (Wildman–Crippen MR) is 105 cm³/mol. The van der Waals surface area contributed by atoms with Crippen LogP contribution in [-0.4, -0.2) is 26.4 Å². The number of fused-ring (bicyclic) bond motifs is 2. The molecular weight excluding hydrogens is 358 g/mol. The topological polar surface area (TPSA) is 106 Å². The number of oxazole rings is 1. The Morgan fingerprint density at radius 1 is 1.18 bits per heavy atom. The molecule has 0 unspecified atom stereocenters. The normalized spacial score (nSPS) is 15.1. The van der Waals surface area contributed by atoms with E-state index in [0.717, 1.165) is 12.8 Å². The van der Waals surface area contributed by atoms with Crippen LogP contribution in [0.2, 0.25) is 0 Å². The average Bonchev–Trinajstić information content (AvgIpc) is 3.08. The van der Waals surface area contributed by atoms with E-state index >= 15 is 0 Å². The second-order valence-electron chi connectivity index (χ2n) is 7.49. The second kappa shape index (κ2) is 5.79. The number of nitrogens with zero attached hydrogens (tertiary/aromatic N) is 3. The first kappa shape index (κ1) is 16.7. The molecule has 0 saturated heterocycles. The van der Waals surface area contributed by atoms with Gasteiger partial charge in [-0.05, 0) is 44.9 Å². The molecule has 0 spiro atoms. The number of anilines is 2. The number of amides is 1. The molecule has 3 aromatic heterocycles. The Balaban J connectivity index is 1.53. The number of aromatic nitrogens is 3. The molecule has 0 bridgehead atoms. The van der Waals surface area contributed by atoms with Gasteiger partial charge in [-0.25, -0.2) is 15.0 Å². The minimum absolute atomic E-state index is 0.00997. The summed E-state index contributed by atoms with van der Waals surface area (Å²) >= 11 is 0. The van der Waals surface area contributed by atoms with Crippen LogP contribution in [0.25, 0.3) is 22.2 Å². The third kappa shape index (κ3) is 2.77. The molecule has 4 aromatic rings. The van der Waals surface area contributed by atoms with E-state index in [-0.39, 0.29) is 11.4 Å². The molecule has 1 aliphatic rings. The molecule has 1 fully saturated rings. The van der Waals surface area contributed by atoms with E-state index in [1.54, 1.807) is 32.0 Å². The molecule has 28 heavy (non-hydrogen) atoms. The van der Waals surface area contributed by atoms with Gasteiger partial charge in [0.1, 0.15) is 23.4 Å². The highest BCUT2D eigenvalue weighted by Gasteiger charge is 2.38. The van der Waals surface area contributed by atoms with Crippen molar-refractivity contribution in [3.05, 3.63) is 41.7 Å². The Morgan fingerprint density at radius 2 is 2.00 bits per heavy atom. The molecule has 1 aromatic carbocycles. The molecule has 2 N–H and O–H groups in total. The number of furan rings is 1. The molecule has 1 saturated carbocycles. The van der Waals surface area contributed by atoms with E-state index in [9.17, 15) is 4.79 Å². The lowest BCUT2D eigenvalue weighted by molar-refractivity contribution is 0.102. The molecule has 1 amide bonds. The van der Waals surface area contributed by atoms with Gasteiger partial charge in [-0.2, -0.15) is 0 Å². The summed E-state index contributed by atoms with van der Waals surface area (Å²) in [5.41, 5.74) is 2.83. The fraction of sp³-hybridized carbons (Fsp3) is 0.300. The van der Waals surface area contributed by atoms with Crippen LogP contribution >= 0.6 is 0 Å². The van der Waals surface area contributed by atoms with Crippen molar-refractivity contribution in [3.8, 4) is 0 Å². The fourth-order valence-corrected chi connectivity index (χ4v) is 3.32. The van der Waals surface area contributed by atoms with Gasteiger partial charge in [0.2, 0.25) is 5.71 Å². The molecule has 0 radical (unpaired) electrons. The summed E-state index contributed by atoms with van der Waals surface area (Å²) in [6.45, 7) is 5.67. The lowest BCUT2D eigenvalue weighted by Gasteiger charge is -2.13. The first-order chi connectivity index (χ1) is 13.4. The van der Waals surface area contributed by atoms with Gasteiger partial charge in [-0.1, -0.05) is 0 Å². The smallest absolute Gasteiger partial charge is 0.260 e. The Kier molecular flexibility index (Phi) is 3.46. The predicted octanol–water partition coefficient (Wildman–Crippen LogP) is 4.20. The molecule has 142 valence electrons. The van der Waals surface area contributed by atoms with E-state index < -0.39 is 0 Å². The molecule has 8 nitrogen and oxygen atoms in total. The Hall–Kier alpha value is -3.42. The van der Waals surface area contributed by atoms with Crippen molar-refractivity contribution in [2.75, 3.05) is 10.6 Å².